The lowest BCUT2D eigenvalue weighted by molar-refractivity contribution is 0.0790. The van der Waals surface area contributed by atoms with Gasteiger partial charge in [-0.3, -0.25) is 0 Å². The first-order valence-corrected chi connectivity index (χ1v) is 8.39. The highest BCUT2D eigenvalue weighted by atomic mass is 35.5. The molecule has 1 aliphatic rings. The minimum absolute atomic E-state index is 0.0154. The molecule has 2 atom stereocenters. The summed E-state index contributed by atoms with van der Waals surface area (Å²) in [5.74, 6) is 0.116. The number of nitrogen functional groups attached to an aromatic ring is 1. The third-order valence-electron chi connectivity index (χ3n) is 3.57. The number of pyridine rings is 1. The summed E-state index contributed by atoms with van der Waals surface area (Å²) in [5, 5.41) is 1.91. The van der Waals surface area contributed by atoms with Crippen molar-refractivity contribution in [3.05, 3.63) is 17.3 Å². The van der Waals surface area contributed by atoms with Crippen molar-refractivity contribution in [3.8, 4) is 0 Å². The number of hydrazine groups is 1. The third kappa shape index (κ3) is 3.22. The van der Waals surface area contributed by atoms with Crippen LogP contribution in [0.3, 0.4) is 0 Å². The summed E-state index contributed by atoms with van der Waals surface area (Å²) >= 11 is 5.83. The number of sulfonamides is 1. The lowest BCUT2D eigenvalue weighted by Crippen LogP contribution is -2.53. The van der Waals surface area contributed by atoms with Gasteiger partial charge >= 0.3 is 0 Å². The van der Waals surface area contributed by atoms with Gasteiger partial charge in [-0.25, -0.2) is 18.4 Å². The molecule has 0 aliphatic carbocycles. The smallest absolute Gasteiger partial charge is 0.255 e. The fraction of sp³-hybridized carbons (Fsp3) is 0.583. The minimum Gasteiger partial charge on any atom is -0.382 e. The number of nitrogens with zero attached hydrogens (tertiary/aromatic N) is 2. The van der Waals surface area contributed by atoms with Crippen molar-refractivity contribution in [2.45, 2.75) is 50.1 Å². The Labute approximate surface area is 124 Å². The number of rotatable bonds is 3. The quantitative estimate of drug-likeness (QED) is 0.886. The molecule has 0 bridgehead atoms. The van der Waals surface area contributed by atoms with E-state index in [4.69, 9.17) is 17.3 Å². The summed E-state index contributed by atoms with van der Waals surface area (Å²) in [5.41, 5.74) is 5.49. The Hall–Kier alpha value is -0.890. The largest absolute Gasteiger partial charge is 0.382 e. The molecule has 1 saturated heterocycles. The predicted octanol–water partition coefficient (Wildman–Crippen LogP) is 1.77. The molecule has 2 unspecified atom stereocenters. The molecule has 20 heavy (non-hydrogen) atoms. The number of aromatic nitrogens is 1. The van der Waals surface area contributed by atoms with E-state index in [9.17, 15) is 8.42 Å². The van der Waals surface area contributed by atoms with Crippen LogP contribution in [0, 0.1) is 0 Å². The van der Waals surface area contributed by atoms with Gasteiger partial charge in [-0.2, -0.15) is 0 Å². The van der Waals surface area contributed by atoms with Gasteiger partial charge in [0, 0.05) is 18.3 Å². The van der Waals surface area contributed by atoms with Crippen molar-refractivity contribution in [2.24, 2.45) is 0 Å². The van der Waals surface area contributed by atoms with Crippen molar-refractivity contribution in [1.82, 2.24) is 14.8 Å². The Morgan fingerprint density at radius 1 is 1.40 bits per heavy atom. The maximum Gasteiger partial charge on any atom is 0.255 e. The second-order valence-corrected chi connectivity index (χ2v) is 7.24. The van der Waals surface area contributed by atoms with Gasteiger partial charge in [0.25, 0.3) is 10.0 Å². The average Bonchev–Trinajstić information content (AvgIpc) is 2.37. The number of nitrogens with two attached hydrogens (primary N) is 1. The summed E-state index contributed by atoms with van der Waals surface area (Å²) in [6.07, 6.45) is 4.25. The highest BCUT2D eigenvalue weighted by molar-refractivity contribution is 7.89. The molecule has 8 heteroatoms. The molecule has 0 saturated carbocycles. The van der Waals surface area contributed by atoms with Crippen LogP contribution in [0.25, 0.3) is 0 Å². The molecular formula is C12H19ClN4O2S. The first-order chi connectivity index (χ1) is 9.31. The third-order valence-corrected chi connectivity index (χ3v) is 5.17. The van der Waals surface area contributed by atoms with E-state index >= 15 is 0 Å². The second kappa shape index (κ2) is 5.85. The van der Waals surface area contributed by atoms with Crippen LogP contribution in [0.15, 0.2) is 17.2 Å². The lowest BCUT2D eigenvalue weighted by atomic mass is 10.0. The lowest BCUT2D eigenvalue weighted by Gasteiger charge is -2.38. The number of anilines is 1. The topological polar surface area (TPSA) is 88.3 Å². The van der Waals surface area contributed by atoms with Gasteiger partial charge in [-0.15, -0.1) is 4.83 Å². The molecule has 0 spiro atoms. The second-order valence-electron chi connectivity index (χ2n) is 5.17. The van der Waals surface area contributed by atoms with Gasteiger partial charge in [0.05, 0.1) is 5.02 Å². The molecule has 112 valence electrons. The molecule has 0 aromatic carbocycles. The summed E-state index contributed by atoms with van der Waals surface area (Å²) in [6.45, 7) is 4.01. The Balaban J connectivity index is 2.24. The summed E-state index contributed by atoms with van der Waals surface area (Å²) in [6, 6.07) is 1.63. The van der Waals surface area contributed by atoms with Gasteiger partial charge in [0.2, 0.25) is 0 Å². The van der Waals surface area contributed by atoms with Crippen LogP contribution in [0.2, 0.25) is 5.02 Å². The molecule has 1 aromatic heterocycles. The fourth-order valence-electron chi connectivity index (χ4n) is 2.37. The summed E-state index contributed by atoms with van der Waals surface area (Å²) in [4.78, 5) is 6.42. The zero-order valence-electron chi connectivity index (χ0n) is 11.5. The zero-order chi connectivity index (χ0) is 14.9. The van der Waals surface area contributed by atoms with E-state index in [2.05, 4.69) is 9.82 Å². The standard InChI is InChI=1S/C12H19ClN4O2S/c1-8-4-3-5-9(2)17(8)16-20(18,19)10-6-11(13)12(14)15-7-10/h6-9,16H,3-5H2,1-2H3,(H2,14,15). The molecular weight excluding hydrogens is 300 g/mol. The highest BCUT2D eigenvalue weighted by Gasteiger charge is 2.29. The van der Waals surface area contributed by atoms with E-state index in [1.165, 1.54) is 12.3 Å². The first-order valence-electron chi connectivity index (χ1n) is 6.53. The van der Waals surface area contributed by atoms with Gasteiger partial charge in [0.15, 0.2) is 0 Å². The molecule has 1 aliphatic heterocycles. The zero-order valence-corrected chi connectivity index (χ0v) is 13.1. The fourth-order valence-corrected chi connectivity index (χ4v) is 3.81. The van der Waals surface area contributed by atoms with Gasteiger partial charge in [-0.05, 0) is 32.8 Å². The van der Waals surface area contributed by atoms with Crippen molar-refractivity contribution < 1.29 is 8.42 Å². The normalized spacial score (nSPS) is 24.8. The molecule has 6 nitrogen and oxygen atoms in total. The average molecular weight is 319 g/mol. The van der Waals surface area contributed by atoms with Crippen LogP contribution in [0.4, 0.5) is 5.82 Å². The number of nitrogens with one attached hydrogen (secondary N) is 1. The van der Waals surface area contributed by atoms with Crippen LogP contribution < -0.4 is 10.6 Å². The number of piperidine rings is 1. The molecule has 2 rings (SSSR count). The van der Waals surface area contributed by atoms with Gasteiger partial charge in [-0.1, -0.05) is 18.0 Å². The van der Waals surface area contributed by atoms with E-state index in [0.717, 1.165) is 19.3 Å². The number of halogens is 1. The minimum atomic E-state index is -3.69. The predicted molar refractivity (Wildman–Crippen MR) is 78.6 cm³/mol. The SMILES string of the molecule is CC1CCCC(C)N1NS(=O)(=O)c1cnc(N)c(Cl)c1. The van der Waals surface area contributed by atoms with Crippen LogP contribution >= 0.6 is 11.6 Å². The van der Waals surface area contributed by atoms with Crippen molar-refractivity contribution >= 4 is 27.4 Å². The summed E-state index contributed by atoms with van der Waals surface area (Å²) in [7, 11) is -3.69. The Morgan fingerprint density at radius 3 is 2.55 bits per heavy atom. The van der Waals surface area contributed by atoms with Crippen LogP contribution in [-0.4, -0.2) is 30.5 Å². The van der Waals surface area contributed by atoms with Crippen molar-refractivity contribution in [2.75, 3.05) is 5.73 Å². The Bertz CT molecular complexity index is 583. The van der Waals surface area contributed by atoms with Gasteiger partial charge < -0.3 is 5.73 Å². The van der Waals surface area contributed by atoms with Crippen LogP contribution in [0.5, 0.6) is 0 Å². The number of hydrogen-bond acceptors (Lipinski definition) is 5. The summed E-state index contributed by atoms with van der Waals surface area (Å²) < 4.78 is 24.7. The van der Waals surface area contributed by atoms with E-state index in [1.54, 1.807) is 5.01 Å². The first kappa shape index (κ1) is 15.5. The van der Waals surface area contributed by atoms with Gasteiger partial charge in [0.1, 0.15) is 10.7 Å². The monoisotopic (exact) mass is 318 g/mol. The Morgan fingerprint density at radius 2 is 2.00 bits per heavy atom. The van der Waals surface area contributed by atoms with E-state index in [1.807, 2.05) is 13.8 Å². The number of hydrogen-bond donors (Lipinski definition) is 2. The van der Waals surface area contributed by atoms with E-state index in [0.29, 0.717) is 0 Å². The molecule has 2 heterocycles. The van der Waals surface area contributed by atoms with E-state index < -0.39 is 10.0 Å². The Kier molecular flexibility index (Phi) is 4.53. The maximum absolute atomic E-state index is 12.4. The molecule has 1 fully saturated rings. The molecule has 0 amide bonds. The molecule has 3 N–H and O–H groups in total. The molecule has 1 aromatic rings. The maximum atomic E-state index is 12.4. The highest BCUT2D eigenvalue weighted by Crippen LogP contribution is 2.23. The van der Waals surface area contributed by atoms with Crippen LogP contribution in [-0.2, 0) is 10.0 Å². The van der Waals surface area contributed by atoms with Crippen molar-refractivity contribution in [3.63, 3.8) is 0 Å². The van der Waals surface area contributed by atoms with Crippen LogP contribution in [0.1, 0.15) is 33.1 Å². The molecule has 0 radical (unpaired) electrons. The van der Waals surface area contributed by atoms with Crippen molar-refractivity contribution in [1.29, 1.82) is 0 Å². The van der Waals surface area contributed by atoms with E-state index in [-0.39, 0.29) is 27.8 Å².